The number of rotatable bonds is 4. The maximum Gasteiger partial charge on any atom is 0.232 e. The lowest BCUT2D eigenvalue weighted by Gasteiger charge is -2.11. The average molecular weight is 327 g/mol. The molecule has 0 amide bonds. The molecule has 1 aromatic rings. The molecule has 0 unspecified atom stereocenters. The molecule has 0 saturated heterocycles. The zero-order valence-corrected chi connectivity index (χ0v) is 12.2. The fourth-order valence-corrected chi connectivity index (χ4v) is 3.23. The van der Waals surface area contributed by atoms with Gasteiger partial charge >= 0.3 is 0 Å². The first-order valence-corrected chi connectivity index (χ1v) is 7.64. The van der Waals surface area contributed by atoms with E-state index >= 15 is 0 Å². The van der Waals surface area contributed by atoms with Crippen molar-refractivity contribution in [3.63, 3.8) is 0 Å². The quantitative estimate of drug-likeness (QED) is 0.919. The third kappa shape index (κ3) is 3.64. The highest BCUT2D eigenvalue weighted by Gasteiger charge is 2.12. The van der Waals surface area contributed by atoms with E-state index < -0.39 is 10.0 Å². The van der Waals surface area contributed by atoms with Crippen LogP contribution in [0, 0.1) is 6.92 Å². The van der Waals surface area contributed by atoms with Crippen molar-refractivity contribution in [2.45, 2.75) is 20.3 Å². The first-order valence-electron chi connectivity index (χ1n) is 4.82. The number of halogens is 2. The Morgan fingerprint density at radius 3 is 2.62 bits per heavy atom. The van der Waals surface area contributed by atoms with E-state index in [9.17, 15) is 8.42 Å². The standard InChI is InChI=1S/C10H13BrClNO2S/c1-3-4-16(14,15)13-10-6-8(11)5-9(12)7(10)2/h5-6,13H,3-4H2,1-2H3. The molecule has 0 atom stereocenters. The monoisotopic (exact) mass is 325 g/mol. The lowest BCUT2D eigenvalue weighted by molar-refractivity contribution is 0.600. The number of hydrogen-bond donors (Lipinski definition) is 1. The Hall–Kier alpha value is -0.260. The van der Waals surface area contributed by atoms with Crippen molar-refractivity contribution in [1.82, 2.24) is 0 Å². The van der Waals surface area contributed by atoms with Crippen molar-refractivity contribution in [2.24, 2.45) is 0 Å². The fraction of sp³-hybridized carbons (Fsp3) is 0.400. The summed E-state index contributed by atoms with van der Waals surface area (Å²) in [5.41, 5.74) is 1.25. The van der Waals surface area contributed by atoms with Crippen LogP contribution in [0.15, 0.2) is 16.6 Å². The minimum Gasteiger partial charge on any atom is -0.283 e. The molecule has 0 aromatic heterocycles. The summed E-state index contributed by atoms with van der Waals surface area (Å²) in [7, 11) is -3.27. The number of nitrogens with one attached hydrogen (secondary N) is 1. The van der Waals surface area contributed by atoms with E-state index in [1.54, 1.807) is 19.1 Å². The van der Waals surface area contributed by atoms with Crippen molar-refractivity contribution >= 4 is 43.2 Å². The lowest BCUT2D eigenvalue weighted by atomic mass is 10.2. The molecule has 0 fully saturated rings. The van der Waals surface area contributed by atoms with Gasteiger partial charge in [-0.05, 0) is 31.0 Å². The average Bonchev–Trinajstić information content (AvgIpc) is 2.12. The molecular formula is C10H13BrClNO2S. The summed E-state index contributed by atoms with van der Waals surface area (Å²) in [4.78, 5) is 0. The van der Waals surface area contributed by atoms with Gasteiger partial charge < -0.3 is 0 Å². The van der Waals surface area contributed by atoms with Gasteiger partial charge in [0.1, 0.15) is 0 Å². The van der Waals surface area contributed by atoms with Crippen LogP contribution in [0.1, 0.15) is 18.9 Å². The second-order valence-electron chi connectivity index (χ2n) is 3.48. The zero-order chi connectivity index (χ0) is 12.3. The summed E-state index contributed by atoms with van der Waals surface area (Å²) in [6.07, 6.45) is 0.579. The van der Waals surface area contributed by atoms with Crippen LogP contribution < -0.4 is 4.72 Å². The van der Waals surface area contributed by atoms with Crippen molar-refractivity contribution in [3.8, 4) is 0 Å². The Labute approximate surface area is 109 Å². The Bertz CT molecular complexity index is 488. The van der Waals surface area contributed by atoms with E-state index in [-0.39, 0.29) is 5.75 Å². The second-order valence-corrected chi connectivity index (χ2v) is 6.65. The summed E-state index contributed by atoms with van der Waals surface area (Å²) < 4.78 is 26.5. The van der Waals surface area contributed by atoms with Crippen LogP contribution in [0.5, 0.6) is 0 Å². The van der Waals surface area contributed by atoms with Crippen LogP contribution in [0.2, 0.25) is 5.02 Å². The summed E-state index contributed by atoms with van der Waals surface area (Å²) in [6, 6.07) is 3.43. The molecule has 16 heavy (non-hydrogen) atoms. The van der Waals surface area contributed by atoms with Gasteiger partial charge in [0.15, 0.2) is 0 Å². The molecule has 0 spiro atoms. The number of benzene rings is 1. The van der Waals surface area contributed by atoms with Crippen LogP contribution in [-0.2, 0) is 10.0 Å². The fourth-order valence-electron chi connectivity index (χ4n) is 1.24. The summed E-state index contributed by atoms with van der Waals surface area (Å²) in [5.74, 6) is 0.108. The SMILES string of the molecule is CCCS(=O)(=O)Nc1cc(Br)cc(Cl)c1C. The highest BCUT2D eigenvalue weighted by atomic mass is 79.9. The van der Waals surface area contributed by atoms with Gasteiger partial charge in [0.25, 0.3) is 0 Å². The third-order valence-corrected chi connectivity index (χ3v) is 4.37. The van der Waals surface area contributed by atoms with Crippen LogP contribution in [-0.4, -0.2) is 14.2 Å². The van der Waals surface area contributed by atoms with Crippen molar-refractivity contribution in [2.75, 3.05) is 10.5 Å². The number of anilines is 1. The highest BCUT2D eigenvalue weighted by Crippen LogP contribution is 2.29. The predicted octanol–water partition coefficient (Wildman–Crippen LogP) is 3.56. The minimum absolute atomic E-state index is 0.108. The number of hydrogen-bond acceptors (Lipinski definition) is 2. The second kappa shape index (κ2) is 5.38. The molecule has 3 nitrogen and oxygen atoms in total. The van der Waals surface area contributed by atoms with E-state index in [4.69, 9.17) is 11.6 Å². The molecule has 1 rings (SSSR count). The summed E-state index contributed by atoms with van der Waals surface area (Å²) in [6.45, 7) is 3.60. The maximum atomic E-state index is 11.6. The van der Waals surface area contributed by atoms with Crippen LogP contribution in [0.25, 0.3) is 0 Å². The molecule has 0 radical (unpaired) electrons. The molecular weight excluding hydrogens is 314 g/mol. The Morgan fingerprint density at radius 2 is 2.06 bits per heavy atom. The Morgan fingerprint density at radius 1 is 1.44 bits per heavy atom. The van der Waals surface area contributed by atoms with Gasteiger partial charge in [-0.2, -0.15) is 0 Å². The van der Waals surface area contributed by atoms with Crippen LogP contribution in [0.4, 0.5) is 5.69 Å². The Kier molecular flexibility index (Phi) is 4.64. The molecule has 0 heterocycles. The van der Waals surface area contributed by atoms with Crippen molar-refractivity contribution in [1.29, 1.82) is 0 Å². The zero-order valence-electron chi connectivity index (χ0n) is 9.05. The molecule has 0 bridgehead atoms. The molecule has 90 valence electrons. The van der Waals surface area contributed by atoms with Gasteiger partial charge in [-0.3, -0.25) is 4.72 Å². The van der Waals surface area contributed by atoms with Crippen molar-refractivity contribution < 1.29 is 8.42 Å². The molecule has 0 aliphatic rings. The van der Waals surface area contributed by atoms with E-state index in [0.29, 0.717) is 17.1 Å². The molecule has 6 heteroatoms. The van der Waals surface area contributed by atoms with Gasteiger partial charge in [-0.15, -0.1) is 0 Å². The number of sulfonamides is 1. The molecule has 1 N–H and O–H groups in total. The van der Waals surface area contributed by atoms with E-state index in [1.165, 1.54) is 0 Å². The lowest BCUT2D eigenvalue weighted by Crippen LogP contribution is -2.16. The maximum absolute atomic E-state index is 11.6. The Balaban J connectivity index is 3.07. The van der Waals surface area contributed by atoms with Crippen LogP contribution in [0.3, 0.4) is 0 Å². The third-order valence-electron chi connectivity index (χ3n) is 2.05. The largest absolute Gasteiger partial charge is 0.283 e. The van der Waals surface area contributed by atoms with Gasteiger partial charge in [0.05, 0.1) is 11.4 Å². The molecule has 0 aliphatic heterocycles. The van der Waals surface area contributed by atoms with E-state index in [2.05, 4.69) is 20.7 Å². The van der Waals surface area contributed by atoms with Gasteiger partial charge in [-0.1, -0.05) is 34.5 Å². The van der Waals surface area contributed by atoms with E-state index in [1.807, 2.05) is 6.92 Å². The molecule has 0 aliphatic carbocycles. The van der Waals surface area contributed by atoms with Gasteiger partial charge in [-0.25, -0.2) is 8.42 Å². The first-order chi connectivity index (χ1) is 7.35. The van der Waals surface area contributed by atoms with E-state index in [0.717, 1.165) is 10.0 Å². The summed E-state index contributed by atoms with van der Waals surface area (Å²) >= 11 is 9.23. The highest BCUT2D eigenvalue weighted by molar-refractivity contribution is 9.10. The predicted molar refractivity (Wildman–Crippen MR) is 71.6 cm³/mol. The summed E-state index contributed by atoms with van der Waals surface area (Å²) in [5, 5.41) is 0.531. The molecule has 1 aromatic carbocycles. The molecule has 0 saturated carbocycles. The first kappa shape index (κ1) is 13.8. The van der Waals surface area contributed by atoms with Gasteiger partial charge in [0.2, 0.25) is 10.0 Å². The minimum atomic E-state index is -3.27. The van der Waals surface area contributed by atoms with Crippen molar-refractivity contribution in [3.05, 3.63) is 27.2 Å². The topological polar surface area (TPSA) is 46.2 Å². The van der Waals surface area contributed by atoms with Gasteiger partial charge in [0, 0.05) is 9.50 Å². The normalized spacial score (nSPS) is 11.5. The smallest absolute Gasteiger partial charge is 0.232 e. The van der Waals surface area contributed by atoms with Crippen LogP contribution >= 0.6 is 27.5 Å².